The van der Waals surface area contributed by atoms with Gasteiger partial charge in [0.25, 0.3) is 0 Å². The first-order valence-corrected chi connectivity index (χ1v) is 15.6. The van der Waals surface area contributed by atoms with E-state index in [4.69, 9.17) is 20.2 Å². The van der Waals surface area contributed by atoms with Crippen molar-refractivity contribution in [2.24, 2.45) is 0 Å². The Morgan fingerprint density at radius 3 is 2.74 bits per heavy atom. The molecule has 0 amide bonds. The van der Waals surface area contributed by atoms with E-state index in [-0.39, 0.29) is 47.5 Å². The van der Waals surface area contributed by atoms with Crippen LogP contribution in [0.2, 0.25) is 0 Å². The van der Waals surface area contributed by atoms with E-state index < -0.39 is 63.7 Å². The molecule has 1 unspecified atom stereocenters. The van der Waals surface area contributed by atoms with Gasteiger partial charge < -0.3 is 25.4 Å². The summed E-state index contributed by atoms with van der Waals surface area (Å²) in [6, 6.07) is 0.460. The van der Waals surface area contributed by atoms with Crippen molar-refractivity contribution < 1.29 is 35.8 Å². The van der Waals surface area contributed by atoms with Crippen LogP contribution in [-0.4, -0.2) is 82.0 Å². The number of nitrogen functional groups attached to an aromatic ring is 1. The van der Waals surface area contributed by atoms with Crippen LogP contribution < -0.4 is 25.4 Å². The van der Waals surface area contributed by atoms with Crippen LogP contribution in [0.4, 0.5) is 37.8 Å². The Hall–Kier alpha value is -3.59. The van der Waals surface area contributed by atoms with E-state index in [1.807, 2.05) is 11.8 Å². The summed E-state index contributed by atoms with van der Waals surface area (Å²) >= 11 is 0. The zero-order valence-corrected chi connectivity index (χ0v) is 25.2. The fourth-order valence-corrected chi connectivity index (χ4v) is 8.55. The molecule has 5 aliphatic rings. The molecule has 7 heterocycles. The minimum absolute atomic E-state index is 0.0176. The number of ether oxygens (including phenoxy) is 2. The fraction of sp³-hybridized carbons (Fsp3) is 0.581. The molecule has 2 aromatic heterocycles. The lowest BCUT2D eigenvalue weighted by Gasteiger charge is -2.42. The number of hydrogen-bond acceptors (Lipinski definition) is 9. The lowest BCUT2D eigenvalue weighted by molar-refractivity contribution is -0.137. The number of alkyl halides is 4. The first-order chi connectivity index (χ1) is 21.8. The van der Waals surface area contributed by atoms with Crippen LogP contribution in [0.1, 0.15) is 50.2 Å². The van der Waals surface area contributed by atoms with Crippen molar-refractivity contribution in [1.82, 2.24) is 25.2 Å². The van der Waals surface area contributed by atoms with Gasteiger partial charge in [0.15, 0.2) is 5.82 Å². The van der Waals surface area contributed by atoms with E-state index in [1.54, 1.807) is 0 Å². The third-order valence-corrected chi connectivity index (χ3v) is 10.5. The molecule has 0 saturated carbocycles. The summed E-state index contributed by atoms with van der Waals surface area (Å²) in [6.07, 6.45) is -2.89. The van der Waals surface area contributed by atoms with E-state index in [1.165, 1.54) is 0 Å². The van der Waals surface area contributed by atoms with Crippen LogP contribution >= 0.6 is 0 Å². The van der Waals surface area contributed by atoms with Crippen LogP contribution in [0.25, 0.3) is 22.2 Å². The molecule has 4 fully saturated rings. The van der Waals surface area contributed by atoms with Crippen molar-refractivity contribution in [3.05, 3.63) is 28.8 Å². The van der Waals surface area contributed by atoms with Gasteiger partial charge in [-0.2, -0.15) is 23.1 Å². The van der Waals surface area contributed by atoms with Gasteiger partial charge in [-0.25, -0.2) is 18.2 Å². The van der Waals surface area contributed by atoms with Gasteiger partial charge in [-0.15, -0.1) is 0 Å². The van der Waals surface area contributed by atoms with Crippen LogP contribution in [0, 0.1) is 18.6 Å². The summed E-state index contributed by atoms with van der Waals surface area (Å²) in [5, 5.41) is 3.70. The molecule has 1 aromatic carbocycles. The molecule has 2 bridgehead atoms. The molecule has 0 radical (unpaired) electrons. The summed E-state index contributed by atoms with van der Waals surface area (Å²) in [5.41, 5.74) is 0.644. The highest BCUT2D eigenvalue weighted by molar-refractivity contribution is 5.97. The monoisotopic (exact) mass is 649 g/mol. The summed E-state index contributed by atoms with van der Waals surface area (Å²) in [7, 11) is 0. The maximum Gasteiger partial charge on any atom is 0.417 e. The van der Waals surface area contributed by atoms with Gasteiger partial charge in [0.2, 0.25) is 5.88 Å². The average molecular weight is 650 g/mol. The van der Waals surface area contributed by atoms with E-state index in [0.717, 1.165) is 45.2 Å². The first kappa shape index (κ1) is 29.8. The molecule has 6 atom stereocenters. The molecule has 8 rings (SSSR count). The maximum absolute atomic E-state index is 16.8. The normalized spacial score (nSPS) is 30.3. The topological polar surface area (TPSA) is 102 Å². The van der Waals surface area contributed by atoms with Crippen molar-refractivity contribution in [3.8, 4) is 23.1 Å². The van der Waals surface area contributed by atoms with Crippen LogP contribution in [0.15, 0.2) is 6.07 Å². The standard InChI is InChI=1S/C31H33F6N7O2/c1-13-21(31(35,36)37)17(8-18(38)22(13)33)24-23(34)25-20-27(42-29(41-25)45-12-30-6-3-7-43(30)10-15(32)9-30)44-11-16-4-5-19(39-16)26(44)14(2)46-28(20)40-24/h8,14-16,19,26,39H,3-7,9-12,38H2,1-2H3/t14-,15+,16+,19-,26+,30?/m0/s1. The second kappa shape index (κ2) is 10.2. The van der Waals surface area contributed by atoms with E-state index in [0.29, 0.717) is 25.3 Å². The van der Waals surface area contributed by atoms with Crippen molar-refractivity contribution in [2.45, 2.75) is 88.1 Å². The quantitative estimate of drug-likeness (QED) is 0.301. The molecule has 246 valence electrons. The van der Waals surface area contributed by atoms with Gasteiger partial charge in [0, 0.05) is 37.2 Å². The number of nitrogens with one attached hydrogen (secondary N) is 1. The summed E-state index contributed by atoms with van der Waals surface area (Å²) in [4.78, 5) is 17.6. The number of anilines is 2. The highest BCUT2D eigenvalue weighted by atomic mass is 19.4. The minimum atomic E-state index is -5.06. The maximum atomic E-state index is 16.8. The van der Waals surface area contributed by atoms with E-state index in [9.17, 15) is 22.0 Å². The molecule has 3 N–H and O–H groups in total. The fourth-order valence-electron chi connectivity index (χ4n) is 8.55. The largest absolute Gasteiger partial charge is 0.472 e. The number of aromatic nitrogens is 3. The summed E-state index contributed by atoms with van der Waals surface area (Å²) < 4.78 is 102. The zero-order valence-electron chi connectivity index (χ0n) is 25.2. The Bertz CT molecular complexity index is 1760. The first-order valence-electron chi connectivity index (χ1n) is 15.6. The number of nitrogens with two attached hydrogens (primary N) is 1. The number of hydrogen-bond donors (Lipinski definition) is 2. The van der Waals surface area contributed by atoms with E-state index >= 15 is 4.39 Å². The lowest BCUT2D eigenvalue weighted by Crippen LogP contribution is -2.62. The Balaban J connectivity index is 1.33. The molecule has 4 saturated heterocycles. The second-order valence-corrected chi connectivity index (χ2v) is 13.3. The predicted octanol–water partition coefficient (Wildman–Crippen LogP) is 4.92. The zero-order chi connectivity index (χ0) is 32.3. The summed E-state index contributed by atoms with van der Waals surface area (Å²) in [6.45, 7) is 4.41. The Kier molecular flexibility index (Phi) is 6.61. The van der Waals surface area contributed by atoms with Gasteiger partial charge >= 0.3 is 12.2 Å². The highest BCUT2D eigenvalue weighted by Crippen LogP contribution is 2.48. The Morgan fingerprint density at radius 2 is 1.96 bits per heavy atom. The lowest BCUT2D eigenvalue weighted by atomic mass is 9.95. The van der Waals surface area contributed by atoms with Crippen molar-refractivity contribution >= 4 is 22.4 Å². The van der Waals surface area contributed by atoms with E-state index in [2.05, 4.69) is 20.2 Å². The van der Waals surface area contributed by atoms with Crippen molar-refractivity contribution in [3.63, 3.8) is 0 Å². The molecule has 0 aliphatic carbocycles. The number of rotatable bonds is 4. The Morgan fingerprint density at radius 1 is 1.15 bits per heavy atom. The number of halogens is 6. The SMILES string of the molecule is Cc1c(F)c(N)cc(-c2nc3c4c(nc(OCC56CCCN5C[C@H](F)C6)nc4c2F)N2C[C@H]4CC[C@H](N4)[C@H]2[C@H](C)O3)c1C(F)(F)F. The number of pyridine rings is 1. The number of fused-ring (bicyclic) bond motifs is 6. The molecule has 5 aliphatic heterocycles. The van der Waals surface area contributed by atoms with Crippen molar-refractivity contribution in [2.75, 3.05) is 36.9 Å². The molecule has 15 heteroatoms. The van der Waals surface area contributed by atoms with Crippen LogP contribution in [0.5, 0.6) is 11.9 Å². The van der Waals surface area contributed by atoms with Gasteiger partial charge in [-0.1, -0.05) is 0 Å². The smallest absolute Gasteiger partial charge is 0.417 e. The highest BCUT2D eigenvalue weighted by Gasteiger charge is 2.50. The third-order valence-electron chi connectivity index (χ3n) is 10.5. The van der Waals surface area contributed by atoms with Crippen LogP contribution in [0.3, 0.4) is 0 Å². The third kappa shape index (κ3) is 4.40. The second-order valence-electron chi connectivity index (χ2n) is 13.3. The molecular formula is C31H33F6N7O2. The number of piperazine rings is 1. The molecule has 0 spiro atoms. The number of benzene rings is 1. The van der Waals surface area contributed by atoms with Gasteiger partial charge in [0.05, 0.1) is 22.8 Å². The average Bonchev–Trinajstić information content (AvgIpc) is 3.63. The summed E-state index contributed by atoms with van der Waals surface area (Å²) in [5.74, 6) is -2.26. The predicted molar refractivity (Wildman–Crippen MR) is 157 cm³/mol. The van der Waals surface area contributed by atoms with Gasteiger partial charge in [-0.3, -0.25) is 4.90 Å². The van der Waals surface area contributed by atoms with Crippen LogP contribution in [-0.2, 0) is 6.18 Å². The number of nitrogens with zero attached hydrogens (tertiary/aromatic N) is 5. The molecule has 46 heavy (non-hydrogen) atoms. The molecule has 9 nitrogen and oxygen atoms in total. The van der Waals surface area contributed by atoms with Gasteiger partial charge in [0.1, 0.15) is 47.1 Å². The Labute approximate surface area is 260 Å². The molecule has 3 aromatic rings. The van der Waals surface area contributed by atoms with Crippen molar-refractivity contribution in [1.29, 1.82) is 0 Å². The minimum Gasteiger partial charge on any atom is -0.472 e. The van der Waals surface area contributed by atoms with Gasteiger partial charge in [-0.05, 0) is 57.7 Å². The molecular weight excluding hydrogens is 616 g/mol.